The van der Waals surface area contributed by atoms with E-state index in [4.69, 9.17) is 15.2 Å². The second kappa shape index (κ2) is 9.71. The Labute approximate surface area is 217 Å². The molecule has 0 unspecified atom stereocenters. The Hall–Kier alpha value is -4.57. The summed E-state index contributed by atoms with van der Waals surface area (Å²) in [7, 11) is 0. The van der Waals surface area contributed by atoms with Gasteiger partial charge in [-0.2, -0.15) is 0 Å². The van der Waals surface area contributed by atoms with E-state index in [1.54, 1.807) is 37.5 Å². The molecule has 0 spiro atoms. The van der Waals surface area contributed by atoms with Crippen molar-refractivity contribution in [2.45, 2.75) is 38.4 Å². The van der Waals surface area contributed by atoms with Crippen molar-refractivity contribution in [3.8, 4) is 22.9 Å². The number of hydrogen-bond acceptors (Lipinski definition) is 8. The van der Waals surface area contributed by atoms with Crippen LogP contribution in [0.3, 0.4) is 0 Å². The highest BCUT2D eigenvalue weighted by molar-refractivity contribution is 5.90. The summed E-state index contributed by atoms with van der Waals surface area (Å²) < 4.78 is 27.9. The number of aryl methyl sites for hydroxylation is 1. The van der Waals surface area contributed by atoms with E-state index in [2.05, 4.69) is 19.9 Å². The smallest absolute Gasteiger partial charge is 0.151 e. The van der Waals surface area contributed by atoms with Gasteiger partial charge in [0.25, 0.3) is 0 Å². The average Bonchev–Trinajstić information content (AvgIpc) is 3.27. The van der Waals surface area contributed by atoms with Gasteiger partial charge in [-0.15, -0.1) is 0 Å². The van der Waals surface area contributed by atoms with Crippen molar-refractivity contribution in [2.24, 2.45) is 0 Å². The van der Waals surface area contributed by atoms with Gasteiger partial charge in [0.15, 0.2) is 5.82 Å². The second-order valence-corrected chi connectivity index (χ2v) is 9.38. The lowest BCUT2D eigenvalue weighted by molar-refractivity contribution is 0.0750. The summed E-state index contributed by atoms with van der Waals surface area (Å²) in [6, 6.07) is 11.6. The molecule has 1 saturated carbocycles. The number of aromatic nitrogens is 5. The number of aliphatic hydroxyl groups excluding tert-OH is 1. The van der Waals surface area contributed by atoms with E-state index in [0.717, 1.165) is 27.8 Å². The number of nitrogen functional groups attached to an aromatic ring is 1. The van der Waals surface area contributed by atoms with E-state index in [-0.39, 0.29) is 18.6 Å². The fraction of sp³-hybridized carbons (Fsp3) is 0.214. The maximum absolute atomic E-state index is 14.3. The van der Waals surface area contributed by atoms with Crippen LogP contribution in [0.1, 0.15) is 35.7 Å². The van der Waals surface area contributed by atoms with Crippen molar-refractivity contribution >= 4 is 16.9 Å². The van der Waals surface area contributed by atoms with Crippen molar-refractivity contribution in [1.29, 1.82) is 0 Å². The molecule has 2 aromatic carbocycles. The standard InChI is InChI=1S/C28H25FN6O3/c1-16-31-11-17(12-32-16)14-37-23-8-19(29)9-24(10-23)38-22-4-2-20(3-5-22)35-13-25(18-6-21(36)7-18)26-27(35)28(30)34-15-33-26/h2-5,8-13,15,18,21,36H,6-7,14H2,1H3,(H2,30,33,34)/t18-,21+. The molecule has 0 amide bonds. The van der Waals surface area contributed by atoms with E-state index < -0.39 is 5.82 Å². The zero-order valence-corrected chi connectivity index (χ0v) is 20.6. The molecule has 3 aromatic heterocycles. The first-order valence-electron chi connectivity index (χ1n) is 12.2. The zero-order chi connectivity index (χ0) is 26.2. The van der Waals surface area contributed by atoms with E-state index >= 15 is 0 Å². The minimum Gasteiger partial charge on any atom is -0.489 e. The van der Waals surface area contributed by atoms with Crippen molar-refractivity contribution in [3.05, 3.63) is 90.2 Å². The first-order chi connectivity index (χ1) is 18.4. The van der Waals surface area contributed by atoms with Crippen molar-refractivity contribution < 1.29 is 19.0 Å². The van der Waals surface area contributed by atoms with Crippen LogP contribution in [-0.4, -0.2) is 35.7 Å². The molecule has 38 heavy (non-hydrogen) atoms. The molecule has 0 aliphatic heterocycles. The molecule has 9 nitrogen and oxygen atoms in total. The third-order valence-electron chi connectivity index (χ3n) is 6.62. The lowest BCUT2D eigenvalue weighted by Crippen LogP contribution is -2.26. The lowest BCUT2D eigenvalue weighted by atomic mass is 9.78. The van der Waals surface area contributed by atoms with Gasteiger partial charge in [-0.1, -0.05) is 0 Å². The molecule has 3 heterocycles. The van der Waals surface area contributed by atoms with E-state index in [9.17, 15) is 9.50 Å². The molecule has 0 radical (unpaired) electrons. The van der Waals surface area contributed by atoms with Gasteiger partial charge in [0.2, 0.25) is 0 Å². The Balaban J connectivity index is 1.22. The number of hydrogen-bond donors (Lipinski definition) is 2. The molecule has 0 saturated heterocycles. The van der Waals surface area contributed by atoms with Crippen LogP contribution >= 0.6 is 0 Å². The maximum atomic E-state index is 14.3. The number of rotatable bonds is 7. The molecule has 6 rings (SSSR count). The quantitative estimate of drug-likeness (QED) is 0.317. The van der Waals surface area contributed by atoms with Crippen molar-refractivity contribution in [2.75, 3.05) is 5.73 Å². The van der Waals surface area contributed by atoms with Crippen LogP contribution < -0.4 is 15.2 Å². The molecule has 5 aromatic rings. The summed E-state index contributed by atoms with van der Waals surface area (Å²) in [6.07, 6.45) is 7.95. The maximum Gasteiger partial charge on any atom is 0.151 e. The fourth-order valence-electron chi connectivity index (χ4n) is 4.60. The highest BCUT2D eigenvalue weighted by Crippen LogP contribution is 2.41. The first-order valence-corrected chi connectivity index (χ1v) is 12.2. The monoisotopic (exact) mass is 512 g/mol. The third-order valence-corrected chi connectivity index (χ3v) is 6.62. The van der Waals surface area contributed by atoms with Crippen molar-refractivity contribution in [1.82, 2.24) is 24.5 Å². The number of nitrogens with zero attached hydrogens (tertiary/aromatic N) is 5. The Morgan fingerprint density at radius 3 is 2.47 bits per heavy atom. The zero-order valence-electron chi connectivity index (χ0n) is 20.6. The van der Waals surface area contributed by atoms with Crippen LogP contribution in [0.2, 0.25) is 0 Å². The van der Waals surface area contributed by atoms with Crippen molar-refractivity contribution in [3.63, 3.8) is 0 Å². The minimum atomic E-state index is -0.475. The topological polar surface area (TPSA) is 121 Å². The van der Waals surface area contributed by atoms with Crippen LogP contribution in [0.15, 0.2) is 67.4 Å². The molecule has 0 bridgehead atoms. The second-order valence-electron chi connectivity index (χ2n) is 9.38. The highest BCUT2D eigenvalue weighted by atomic mass is 19.1. The molecular formula is C28H25FN6O3. The van der Waals surface area contributed by atoms with E-state index in [1.165, 1.54) is 18.5 Å². The summed E-state index contributed by atoms with van der Waals surface area (Å²) in [6.45, 7) is 2.01. The first kappa shape index (κ1) is 23.8. The summed E-state index contributed by atoms with van der Waals surface area (Å²) in [5, 5.41) is 9.79. The van der Waals surface area contributed by atoms with Gasteiger partial charge in [-0.25, -0.2) is 24.3 Å². The minimum absolute atomic E-state index is 0.206. The number of nitrogens with two attached hydrogens (primary N) is 1. The summed E-state index contributed by atoms with van der Waals surface area (Å²) in [4.78, 5) is 16.9. The van der Waals surface area contributed by atoms with Gasteiger partial charge < -0.3 is 24.9 Å². The average molecular weight is 513 g/mol. The van der Waals surface area contributed by atoms with Gasteiger partial charge in [0, 0.05) is 53.6 Å². The van der Waals surface area contributed by atoms with Crippen LogP contribution in [-0.2, 0) is 6.61 Å². The molecule has 1 aliphatic rings. The summed E-state index contributed by atoms with van der Waals surface area (Å²) in [5.74, 6) is 1.97. The number of aliphatic hydroxyl groups is 1. The molecule has 0 atom stereocenters. The van der Waals surface area contributed by atoms with Gasteiger partial charge >= 0.3 is 0 Å². The third kappa shape index (κ3) is 4.73. The Morgan fingerprint density at radius 1 is 1.00 bits per heavy atom. The molecular weight excluding hydrogens is 487 g/mol. The molecule has 3 N–H and O–H groups in total. The van der Waals surface area contributed by atoms with E-state index in [1.807, 2.05) is 22.9 Å². The Morgan fingerprint density at radius 2 is 1.74 bits per heavy atom. The van der Waals surface area contributed by atoms with Crippen LogP contribution in [0, 0.1) is 12.7 Å². The number of fused-ring (bicyclic) bond motifs is 1. The van der Waals surface area contributed by atoms with Crippen LogP contribution in [0.25, 0.3) is 16.7 Å². The summed E-state index contributed by atoms with van der Waals surface area (Å²) in [5.41, 5.74) is 10.4. The van der Waals surface area contributed by atoms with Gasteiger partial charge in [0.1, 0.15) is 47.3 Å². The molecule has 1 aliphatic carbocycles. The number of anilines is 1. The number of benzene rings is 2. The van der Waals surface area contributed by atoms with Crippen LogP contribution in [0.4, 0.5) is 10.2 Å². The van der Waals surface area contributed by atoms with Gasteiger partial charge in [-0.05, 0) is 49.9 Å². The van der Waals surface area contributed by atoms with E-state index in [0.29, 0.717) is 41.7 Å². The molecule has 1 fully saturated rings. The number of ether oxygens (including phenoxy) is 2. The SMILES string of the molecule is Cc1ncc(COc2cc(F)cc(Oc3ccc(-n4cc([C@H]5C[C@@H](O)C5)c5ncnc(N)c54)cc3)c2)cn1. The summed E-state index contributed by atoms with van der Waals surface area (Å²) >= 11 is 0. The van der Waals surface area contributed by atoms with Gasteiger partial charge in [0.05, 0.1) is 11.6 Å². The normalized spacial score (nSPS) is 16.8. The molecule has 192 valence electrons. The van der Waals surface area contributed by atoms with Crippen LogP contribution in [0.5, 0.6) is 17.2 Å². The highest BCUT2D eigenvalue weighted by Gasteiger charge is 2.32. The van der Waals surface area contributed by atoms with Gasteiger partial charge in [-0.3, -0.25) is 0 Å². The predicted molar refractivity (Wildman–Crippen MR) is 139 cm³/mol. The largest absolute Gasteiger partial charge is 0.489 e. The lowest BCUT2D eigenvalue weighted by Gasteiger charge is -2.30. The molecule has 10 heteroatoms. The Kier molecular flexibility index (Phi) is 6.09. The number of halogens is 1. The predicted octanol–water partition coefficient (Wildman–Crippen LogP) is 4.85. The fourth-order valence-corrected chi connectivity index (χ4v) is 4.60. The Bertz CT molecular complexity index is 1600.